The third-order valence-electron chi connectivity index (χ3n) is 1.73. The summed E-state index contributed by atoms with van der Waals surface area (Å²) in [6.45, 7) is 0. The molecule has 1 heterocycles. The Morgan fingerprint density at radius 2 is 2.20 bits per heavy atom. The third-order valence-corrected chi connectivity index (χ3v) is 1.94. The highest BCUT2D eigenvalue weighted by molar-refractivity contribution is 6.29. The van der Waals surface area contributed by atoms with E-state index in [0.717, 1.165) is 5.69 Å². The smallest absolute Gasteiger partial charge is 0.129 e. The van der Waals surface area contributed by atoms with Crippen LogP contribution in [0.3, 0.4) is 0 Å². The van der Waals surface area contributed by atoms with E-state index >= 15 is 0 Å². The highest BCUT2D eigenvalue weighted by Gasteiger charge is 2.24. The maximum absolute atomic E-state index is 5.71. The Labute approximate surface area is 65.0 Å². The van der Waals surface area contributed by atoms with Crippen LogP contribution in [0, 0.1) is 0 Å². The quantitative estimate of drug-likeness (QED) is 0.566. The number of hydrogen-bond donors (Lipinski definition) is 0. The summed E-state index contributed by atoms with van der Waals surface area (Å²) >= 11 is 5.71. The molecule has 2 rings (SSSR count). The predicted octanol–water partition coefficient (Wildman–Crippen LogP) is 2.61. The molecule has 1 aliphatic rings. The van der Waals surface area contributed by atoms with Gasteiger partial charge in [0.1, 0.15) is 5.15 Å². The summed E-state index contributed by atoms with van der Waals surface area (Å²) in [5, 5.41) is 0.615. The lowest BCUT2D eigenvalue weighted by atomic mass is 10.3. The highest BCUT2D eigenvalue weighted by atomic mass is 35.5. The van der Waals surface area contributed by atoms with E-state index in [1.165, 1.54) is 12.8 Å². The fourth-order valence-corrected chi connectivity index (χ4v) is 1.20. The first-order chi connectivity index (χ1) is 4.86. The van der Waals surface area contributed by atoms with Crippen molar-refractivity contribution < 1.29 is 0 Å². The van der Waals surface area contributed by atoms with Gasteiger partial charge in [-0.3, -0.25) is 0 Å². The first-order valence-corrected chi connectivity index (χ1v) is 3.86. The van der Waals surface area contributed by atoms with Crippen LogP contribution in [0.2, 0.25) is 5.15 Å². The zero-order valence-corrected chi connectivity index (χ0v) is 6.30. The monoisotopic (exact) mass is 153 g/mol. The second-order valence-electron chi connectivity index (χ2n) is 2.66. The summed E-state index contributed by atoms with van der Waals surface area (Å²) < 4.78 is 0. The molecule has 1 fully saturated rings. The Morgan fingerprint density at radius 1 is 1.40 bits per heavy atom. The first-order valence-electron chi connectivity index (χ1n) is 3.49. The van der Waals surface area contributed by atoms with Gasteiger partial charge in [0.2, 0.25) is 0 Å². The maximum atomic E-state index is 5.71. The van der Waals surface area contributed by atoms with Crippen molar-refractivity contribution >= 4 is 11.6 Å². The normalized spacial score (nSPS) is 17.3. The van der Waals surface area contributed by atoms with E-state index in [4.69, 9.17) is 11.6 Å². The van der Waals surface area contributed by atoms with E-state index in [0.29, 0.717) is 11.1 Å². The molecule has 10 heavy (non-hydrogen) atoms. The fourth-order valence-electron chi connectivity index (χ4n) is 1.03. The van der Waals surface area contributed by atoms with Crippen LogP contribution >= 0.6 is 11.6 Å². The summed E-state index contributed by atoms with van der Waals surface area (Å²) in [5.41, 5.74) is 1.16. The van der Waals surface area contributed by atoms with Crippen LogP contribution in [0.4, 0.5) is 0 Å². The van der Waals surface area contributed by atoms with Crippen molar-refractivity contribution in [1.29, 1.82) is 0 Å². The third kappa shape index (κ3) is 1.14. The van der Waals surface area contributed by atoms with Gasteiger partial charge in [0.05, 0.1) is 0 Å². The first kappa shape index (κ1) is 6.17. The van der Waals surface area contributed by atoms with Crippen molar-refractivity contribution in [3.63, 3.8) is 0 Å². The number of rotatable bonds is 1. The number of pyridine rings is 1. The molecule has 0 unspecified atom stereocenters. The van der Waals surface area contributed by atoms with Crippen LogP contribution in [-0.4, -0.2) is 4.98 Å². The number of aromatic nitrogens is 1. The Balaban J connectivity index is 2.32. The molecule has 0 N–H and O–H groups in total. The molecule has 0 radical (unpaired) electrons. The number of halogens is 1. The molecule has 0 aliphatic heterocycles. The Morgan fingerprint density at radius 3 is 2.80 bits per heavy atom. The minimum absolute atomic E-state index is 0.615. The fraction of sp³-hybridized carbons (Fsp3) is 0.375. The number of hydrogen-bond acceptors (Lipinski definition) is 1. The Bertz CT molecular complexity index is 243. The lowest BCUT2D eigenvalue weighted by Crippen LogP contribution is -1.83. The predicted molar refractivity (Wildman–Crippen MR) is 41.2 cm³/mol. The van der Waals surface area contributed by atoms with Crippen molar-refractivity contribution in [1.82, 2.24) is 4.98 Å². The van der Waals surface area contributed by atoms with Gasteiger partial charge in [0.15, 0.2) is 0 Å². The molecule has 2 heteroatoms. The van der Waals surface area contributed by atoms with Gasteiger partial charge in [0.25, 0.3) is 0 Å². The van der Waals surface area contributed by atoms with Crippen molar-refractivity contribution in [3.05, 3.63) is 29.0 Å². The molecule has 1 aromatic heterocycles. The minimum atomic E-state index is 0.615. The van der Waals surface area contributed by atoms with Crippen molar-refractivity contribution in [2.24, 2.45) is 0 Å². The Kier molecular flexibility index (Phi) is 1.38. The molecule has 1 aromatic rings. The molecule has 0 amide bonds. The largest absolute Gasteiger partial charge is 0.241 e. The van der Waals surface area contributed by atoms with E-state index in [1.807, 2.05) is 18.2 Å². The summed E-state index contributed by atoms with van der Waals surface area (Å²) in [7, 11) is 0. The molecular weight excluding hydrogens is 146 g/mol. The van der Waals surface area contributed by atoms with Crippen LogP contribution in [0.15, 0.2) is 18.2 Å². The van der Waals surface area contributed by atoms with Crippen molar-refractivity contribution in [2.45, 2.75) is 18.8 Å². The van der Waals surface area contributed by atoms with E-state index in [-0.39, 0.29) is 0 Å². The lowest BCUT2D eigenvalue weighted by molar-refractivity contribution is 1.02. The molecule has 1 saturated carbocycles. The van der Waals surface area contributed by atoms with Gasteiger partial charge in [-0.15, -0.1) is 0 Å². The molecule has 0 atom stereocenters. The summed E-state index contributed by atoms with van der Waals surface area (Å²) in [4.78, 5) is 4.20. The SMILES string of the molecule is Clc1cccc(C2CC2)n1. The van der Waals surface area contributed by atoms with Gasteiger partial charge >= 0.3 is 0 Å². The van der Waals surface area contributed by atoms with Gasteiger partial charge in [-0.25, -0.2) is 4.98 Å². The molecule has 1 nitrogen and oxygen atoms in total. The topological polar surface area (TPSA) is 12.9 Å². The van der Waals surface area contributed by atoms with E-state index < -0.39 is 0 Å². The summed E-state index contributed by atoms with van der Waals surface area (Å²) in [6.07, 6.45) is 2.57. The zero-order chi connectivity index (χ0) is 6.97. The van der Waals surface area contributed by atoms with Gasteiger partial charge in [0, 0.05) is 11.6 Å². The summed E-state index contributed by atoms with van der Waals surface area (Å²) in [5.74, 6) is 0.707. The molecule has 0 saturated heterocycles. The zero-order valence-electron chi connectivity index (χ0n) is 5.55. The standard InChI is InChI=1S/C8H8ClN/c9-8-3-1-2-7(10-8)6-4-5-6/h1-3,6H,4-5H2. The maximum Gasteiger partial charge on any atom is 0.129 e. The second-order valence-corrected chi connectivity index (χ2v) is 3.05. The molecule has 0 spiro atoms. The van der Waals surface area contributed by atoms with Gasteiger partial charge < -0.3 is 0 Å². The number of nitrogens with zero attached hydrogens (tertiary/aromatic N) is 1. The van der Waals surface area contributed by atoms with E-state index in [2.05, 4.69) is 4.98 Å². The molecule has 0 aromatic carbocycles. The van der Waals surface area contributed by atoms with Crippen LogP contribution in [0.25, 0.3) is 0 Å². The van der Waals surface area contributed by atoms with E-state index in [1.54, 1.807) is 0 Å². The van der Waals surface area contributed by atoms with E-state index in [9.17, 15) is 0 Å². The average molecular weight is 154 g/mol. The van der Waals surface area contributed by atoms with Crippen LogP contribution in [0.5, 0.6) is 0 Å². The van der Waals surface area contributed by atoms with Crippen LogP contribution in [0.1, 0.15) is 24.5 Å². The van der Waals surface area contributed by atoms with Gasteiger partial charge in [-0.2, -0.15) is 0 Å². The van der Waals surface area contributed by atoms with Crippen LogP contribution in [-0.2, 0) is 0 Å². The Hall–Kier alpha value is -0.560. The van der Waals surface area contributed by atoms with Crippen molar-refractivity contribution in [3.8, 4) is 0 Å². The molecule has 0 bridgehead atoms. The molecule has 52 valence electrons. The van der Waals surface area contributed by atoms with Gasteiger partial charge in [-0.05, 0) is 25.0 Å². The highest BCUT2D eigenvalue weighted by Crippen LogP contribution is 2.38. The lowest BCUT2D eigenvalue weighted by Gasteiger charge is -1.94. The summed E-state index contributed by atoms with van der Waals surface area (Å²) in [6, 6.07) is 5.82. The van der Waals surface area contributed by atoms with Crippen LogP contribution < -0.4 is 0 Å². The van der Waals surface area contributed by atoms with Gasteiger partial charge in [-0.1, -0.05) is 17.7 Å². The average Bonchev–Trinajstić information content (AvgIpc) is 2.68. The van der Waals surface area contributed by atoms with Crippen molar-refractivity contribution in [2.75, 3.05) is 0 Å². The minimum Gasteiger partial charge on any atom is -0.241 e. The second kappa shape index (κ2) is 2.24. The molecular formula is C8H8ClN. The molecule has 1 aliphatic carbocycles.